The van der Waals surface area contributed by atoms with E-state index in [-0.39, 0.29) is 24.6 Å². The maximum absolute atomic E-state index is 12.0. The van der Waals surface area contributed by atoms with Crippen molar-refractivity contribution in [3.63, 3.8) is 0 Å². The van der Waals surface area contributed by atoms with Gasteiger partial charge in [0.25, 0.3) is 5.56 Å². The van der Waals surface area contributed by atoms with Gasteiger partial charge in [0.2, 0.25) is 0 Å². The minimum atomic E-state index is -1.49. The maximum Gasteiger partial charge on any atom is 0.407 e. The summed E-state index contributed by atoms with van der Waals surface area (Å²) in [5, 5.41) is 31.4. The number of aromatic amines is 1. The average molecular weight is 407 g/mol. The van der Waals surface area contributed by atoms with Crippen LogP contribution >= 0.6 is 0 Å². The van der Waals surface area contributed by atoms with Gasteiger partial charge < -0.3 is 30.1 Å². The average Bonchev–Trinajstić information content (AvgIpc) is 3.32. The van der Waals surface area contributed by atoms with Crippen LogP contribution in [0.1, 0.15) is 18.7 Å². The fourth-order valence-corrected chi connectivity index (χ4v) is 2.79. The van der Waals surface area contributed by atoms with E-state index < -0.39 is 48.5 Å². The number of H-pyrrole nitrogens is 1. The van der Waals surface area contributed by atoms with Crippen LogP contribution < -0.4 is 16.6 Å². The molecule has 0 spiro atoms. The van der Waals surface area contributed by atoms with Crippen LogP contribution in [0.5, 0.6) is 0 Å². The Morgan fingerprint density at radius 3 is 2.72 bits per heavy atom. The van der Waals surface area contributed by atoms with Gasteiger partial charge in [-0.25, -0.2) is 9.59 Å². The first-order chi connectivity index (χ1) is 13.8. The van der Waals surface area contributed by atoms with Crippen molar-refractivity contribution < 1.29 is 29.6 Å². The van der Waals surface area contributed by atoms with Crippen molar-refractivity contribution in [2.75, 3.05) is 19.8 Å². The Balaban J connectivity index is 1.64. The number of nitrogens with one attached hydrogen (secondary N) is 2. The van der Waals surface area contributed by atoms with Crippen molar-refractivity contribution in [3.05, 3.63) is 44.2 Å². The Morgan fingerprint density at radius 2 is 2.10 bits per heavy atom. The Bertz CT molecular complexity index is 985. The summed E-state index contributed by atoms with van der Waals surface area (Å²) in [6.07, 6.45) is -2.86. The van der Waals surface area contributed by atoms with Gasteiger partial charge in [0.05, 0.1) is 13.2 Å². The molecule has 2 aliphatic rings. The van der Waals surface area contributed by atoms with E-state index in [0.717, 1.165) is 10.8 Å². The highest BCUT2D eigenvalue weighted by molar-refractivity contribution is 5.67. The molecule has 5 N–H and O–H groups in total. The van der Waals surface area contributed by atoms with Crippen LogP contribution in [-0.4, -0.2) is 69.0 Å². The minimum Gasteiger partial charge on any atom is -0.449 e. The molecule has 0 bridgehead atoms. The summed E-state index contributed by atoms with van der Waals surface area (Å²) in [5.41, 5.74) is -0.583. The molecule has 0 radical (unpaired) electrons. The van der Waals surface area contributed by atoms with Gasteiger partial charge in [0.1, 0.15) is 30.5 Å². The summed E-state index contributed by atoms with van der Waals surface area (Å²) in [4.78, 5) is 37.6. The van der Waals surface area contributed by atoms with Gasteiger partial charge in [-0.1, -0.05) is 23.5 Å². The second-order valence-corrected chi connectivity index (χ2v) is 6.71. The van der Waals surface area contributed by atoms with Crippen LogP contribution in [0.3, 0.4) is 0 Å². The third-order valence-electron chi connectivity index (χ3n) is 4.64. The zero-order chi connectivity index (χ0) is 21.1. The monoisotopic (exact) mass is 407 g/mol. The predicted molar refractivity (Wildman–Crippen MR) is 97.8 cm³/mol. The highest BCUT2D eigenvalue weighted by Crippen LogP contribution is 2.28. The Kier molecular flexibility index (Phi) is 6.19. The molecule has 0 saturated carbocycles. The van der Waals surface area contributed by atoms with E-state index in [2.05, 4.69) is 17.2 Å². The van der Waals surface area contributed by atoms with Crippen LogP contribution in [0.25, 0.3) is 0 Å². The van der Waals surface area contributed by atoms with Crippen LogP contribution in [0.2, 0.25) is 0 Å². The number of hydrogen-bond donors (Lipinski definition) is 5. The molecule has 5 atom stereocenters. The van der Waals surface area contributed by atoms with Gasteiger partial charge in [-0.3, -0.25) is 14.3 Å². The summed E-state index contributed by atoms with van der Waals surface area (Å²) >= 11 is 0. The zero-order valence-corrected chi connectivity index (χ0v) is 15.5. The second kappa shape index (κ2) is 8.62. The van der Waals surface area contributed by atoms with Crippen molar-refractivity contribution in [2.45, 2.75) is 31.5 Å². The third-order valence-corrected chi connectivity index (χ3v) is 4.64. The summed E-state index contributed by atoms with van der Waals surface area (Å²) in [6, 6.07) is 0. The lowest BCUT2D eigenvalue weighted by Gasteiger charge is -2.17. The first kappa shape index (κ1) is 20.8. The number of aromatic nitrogens is 2. The summed E-state index contributed by atoms with van der Waals surface area (Å²) in [5.74, 6) is 5.27. The van der Waals surface area contributed by atoms with E-state index in [9.17, 15) is 24.6 Å². The van der Waals surface area contributed by atoms with E-state index in [0.29, 0.717) is 0 Å². The van der Waals surface area contributed by atoms with Crippen molar-refractivity contribution in [2.24, 2.45) is 5.92 Å². The van der Waals surface area contributed by atoms with Crippen LogP contribution in [0.4, 0.5) is 4.79 Å². The van der Waals surface area contributed by atoms with Crippen LogP contribution in [0, 0.1) is 17.8 Å². The highest BCUT2D eigenvalue weighted by atomic mass is 16.6. The molecule has 156 valence electrons. The quantitative estimate of drug-likeness (QED) is 0.271. The van der Waals surface area contributed by atoms with Gasteiger partial charge in [-0.15, -0.1) is 0 Å². The molecule has 29 heavy (non-hydrogen) atoms. The highest BCUT2D eigenvalue weighted by Gasteiger charge is 2.43. The smallest absolute Gasteiger partial charge is 0.407 e. The molecule has 11 nitrogen and oxygen atoms in total. The maximum atomic E-state index is 12.0. The number of aliphatic hydroxyl groups is 3. The number of nitrogens with zero attached hydrogens (tertiary/aromatic N) is 1. The van der Waals surface area contributed by atoms with Gasteiger partial charge in [0, 0.05) is 12.1 Å². The van der Waals surface area contributed by atoms with Crippen molar-refractivity contribution >= 4 is 6.09 Å². The predicted octanol–water partition coefficient (Wildman–Crippen LogP) is -2.20. The molecular weight excluding hydrogens is 386 g/mol. The number of hydrogen-bond acceptors (Lipinski definition) is 8. The third kappa shape index (κ3) is 4.75. The van der Waals surface area contributed by atoms with E-state index in [4.69, 9.17) is 14.6 Å². The number of carbonyl (C=O) groups excluding carboxylic acids is 1. The van der Waals surface area contributed by atoms with Crippen LogP contribution in [-0.2, 0) is 9.47 Å². The Labute approximate surface area is 164 Å². The molecular formula is C18H21N3O8. The molecule has 1 amide bonds. The summed E-state index contributed by atoms with van der Waals surface area (Å²) < 4.78 is 11.1. The molecule has 3 rings (SSSR count). The topological polar surface area (TPSA) is 163 Å². The van der Waals surface area contributed by atoms with Crippen molar-refractivity contribution in [1.82, 2.24) is 14.9 Å². The Hall–Kier alpha value is -2.91. The van der Waals surface area contributed by atoms with Crippen molar-refractivity contribution in [3.8, 4) is 11.8 Å². The minimum absolute atomic E-state index is 0.0949. The van der Waals surface area contributed by atoms with Gasteiger partial charge in [-0.05, 0) is 6.92 Å². The number of rotatable bonds is 5. The van der Waals surface area contributed by atoms with Gasteiger partial charge in [-0.2, -0.15) is 0 Å². The molecule has 1 aliphatic heterocycles. The molecule has 1 unspecified atom stereocenters. The van der Waals surface area contributed by atoms with Crippen molar-refractivity contribution in [1.29, 1.82) is 0 Å². The molecule has 1 saturated heterocycles. The van der Waals surface area contributed by atoms with Gasteiger partial charge in [0.15, 0.2) is 6.23 Å². The summed E-state index contributed by atoms with van der Waals surface area (Å²) in [7, 11) is 0. The first-order valence-electron chi connectivity index (χ1n) is 8.87. The fraction of sp³-hybridized carbons (Fsp3) is 0.500. The van der Waals surface area contributed by atoms with Crippen LogP contribution in [0.15, 0.2) is 27.4 Å². The van der Waals surface area contributed by atoms with E-state index >= 15 is 0 Å². The van der Waals surface area contributed by atoms with Gasteiger partial charge >= 0.3 is 11.8 Å². The second-order valence-electron chi connectivity index (χ2n) is 6.71. The molecule has 2 heterocycles. The zero-order valence-electron chi connectivity index (χ0n) is 15.5. The normalized spacial score (nSPS) is 27.6. The molecule has 1 fully saturated rings. The molecule has 1 aromatic rings. The molecule has 1 aromatic heterocycles. The lowest BCUT2D eigenvalue weighted by atomic mass is 10.1. The Morgan fingerprint density at radius 1 is 1.38 bits per heavy atom. The molecule has 0 aromatic carbocycles. The SMILES string of the molecule is CC1=CC1COC(=O)NCC#Cc1cn([C@@H]2O[C@H](CO)[C@@H](O)[C@H]2O)c(=O)[nH]c1=O. The van der Waals surface area contributed by atoms with E-state index in [1.54, 1.807) is 0 Å². The largest absolute Gasteiger partial charge is 0.449 e. The summed E-state index contributed by atoms with van der Waals surface area (Å²) in [6.45, 7) is 1.55. The van der Waals surface area contributed by atoms with E-state index in [1.165, 1.54) is 5.57 Å². The lowest BCUT2D eigenvalue weighted by molar-refractivity contribution is -0.0550. The number of alkyl carbamates (subject to hydrolysis) is 1. The van der Waals surface area contributed by atoms with E-state index in [1.807, 2.05) is 18.0 Å². The molecule has 1 aliphatic carbocycles. The number of ether oxygens (including phenoxy) is 2. The number of carbonyl (C=O) groups is 1. The standard InChI is InChI=1S/C18H21N3O8/c1-9-5-11(9)8-28-18(27)19-4-2-3-10-6-21(17(26)20-15(10)25)16-14(24)13(23)12(7-22)29-16/h5-6,11-14,16,22-24H,4,7-8H2,1H3,(H,19,27)(H,20,25,26)/t11?,12-,13-,14-,16-/m1/s1. The number of amides is 1. The molecule has 11 heteroatoms. The lowest BCUT2D eigenvalue weighted by Crippen LogP contribution is -2.38. The first-order valence-corrected chi connectivity index (χ1v) is 8.87. The fourth-order valence-electron chi connectivity index (χ4n) is 2.79. The number of aliphatic hydroxyl groups excluding tert-OH is 3.